The van der Waals surface area contributed by atoms with E-state index in [-0.39, 0.29) is 0 Å². The summed E-state index contributed by atoms with van der Waals surface area (Å²) >= 11 is 0. The lowest BCUT2D eigenvalue weighted by atomic mass is 10.9. The van der Waals surface area contributed by atoms with Crippen LogP contribution in [0.4, 0.5) is 0 Å². The average Bonchev–Trinajstić information content (AvgIpc) is 1.96. The molecule has 0 aliphatic rings. The molecule has 3 heteroatoms. The third kappa shape index (κ3) is 181. The molecule has 0 unspecified atom stereocenters. The Kier molecular flexibility index (Phi) is 132. The van der Waals surface area contributed by atoms with E-state index < -0.39 is 0 Å². The fourth-order valence-electron chi connectivity index (χ4n) is 0. The van der Waals surface area contributed by atoms with Gasteiger partial charge in [0.15, 0.2) is 0 Å². The van der Waals surface area contributed by atoms with Crippen molar-refractivity contribution in [2.75, 3.05) is 27.9 Å². The van der Waals surface area contributed by atoms with E-state index in [1.54, 1.807) is 7.11 Å². The number of aliphatic hydroxyl groups excluding tert-OH is 2. The third-order valence-corrected chi connectivity index (χ3v) is 0.289. The smallest absolute Gasteiger partial charge is 0.0433 e. The van der Waals surface area contributed by atoms with Crippen molar-refractivity contribution in [2.24, 2.45) is 0 Å². The summed E-state index contributed by atoms with van der Waals surface area (Å²) in [5, 5.41) is 14.0. The monoisotopic (exact) mass is 124 g/mol. The van der Waals surface area contributed by atoms with Crippen molar-refractivity contribution >= 4 is 0 Å². The standard InChI is InChI=1S/C3H8O.2CH4O/c1-3-4-2;2*1-2/h3H2,1-2H3;2*2H,1H3. The summed E-state index contributed by atoms with van der Waals surface area (Å²) in [7, 11) is 3.68. The van der Waals surface area contributed by atoms with Crippen molar-refractivity contribution in [1.82, 2.24) is 0 Å². The van der Waals surface area contributed by atoms with Gasteiger partial charge >= 0.3 is 0 Å². The minimum atomic E-state index is 0.819. The second-order valence-electron chi connectivity index (χ2n) is 0.577. The topological polar surface area (TPSA) is 49.7 Å². The molecule has 0 aromatic carbocycles. The van der Waals surface area contributed by atoms with Crippen LogP contribution in [0, 0.1) is 0 Å². The maximum absolute atomic E-state index is 7.00. The zero-order valence-corrected chi connectivity index (χ0v) is 6.01. The molecule has 0 amide bonds. The first-order valence-electron chi connectivity index (χ1n) is 2.30. The molecule has 3 nitrogen and oxygen atoms in total. The molecule has 0 aliphatic heterocycles. The second-order valence-corrected chi connectivity index (χ2v) is 0.577. The first kappa shape index (κ1) is 15.7. The van der Waals surface area contributed by atoms with Crippen molar-refractivity contribution in [3.05, 3.63) is 0 Å². The largest absolute Gasteiger partial charge is 0.400 e. The van der Waals surface area contributed by atoms with E-state index in [0.717, 1.165) is 20.8 Å². The molecule has 0 saturated carbocycles. The molecule has 0 spiro atoms. The molecule has 0 fully saturated rings. The van der Waals surface area contributed by atoms with Crippen molar-refractivity contribution in [2.45, 2.75) is 6.92 Å². The van der Waals surface area contributed by atoms with Gasteiger partial charge in [0.05, 0.1) is 0 Å². The summed E-state index contributed by atoms with van der Waals surface area (Å²) < 4.78 is 4.54. The van der Waals surface area contributed by atoms with Crippen LogP contribution in [0.3, 0.4) is 0 Å². The van der Waals surface area contributed by atoms with Crippen LogP contribution in [0.25, 0.3) is 0 Å². The number of methoxy groups -OCH3 is 1. The van der Waals surface area contributed by atoms with Crippen LogP contribution in [0.2, 0.25) is 0 Å². The summed E-state index contributed by atoms with van der Waals surface area (Å²) in [5.41, 5.74) is 0. The zero-order valence-electron chi connectivity index (χ0n) is 6.01. The molecule has 8 heavy (non-hydrogen) atoms. The van der Waals surface area contributed by atoms with Gasteiger partial charge in [-0.1, -0.05) is 0 Å². The molecular weight excluding hydrogens is 108 g/mol. The van der Waals surface area contributed by atoms with Gasteiger partial charge in [-0.3, -0.25) is 0 Å². The van der Waals surface area contributed by atoms with E-state index in [2.05, 4.69) is 4.74 Å². The predicted octanol–water partition coefficient (Wildman–Crippen LogP) is -0.130. The van der Waals surface area contributed by atoms with Gasteiger partial charge < -0.3 is 14.9 Å². The molecule has 0 aromatic rings. The van der Waals surface area contributed by atoms with E-state index in [1.165, 1.54) is 0 Å². The highest BCUT2D eigenvalue weighted by Gasteiger charge is 1.51. The first-order valence-corrected chi connectivity index (χ1v) is 2.30. The van der Waals surface area contributed by atoms with Gasteiger partial charge in [0.2, 0.25) is 0 Å². The fraction of sp³-hybridized carbons (Fsp3) is 1.00. The highest BCUT2D eigenvalue weighted by molar-refractivity contribution is 3.94. The highest BCUT2D eigenvalue weighted by Crippen LogP contribution is 1.52. The van der Waals surface area contributed by atoms with E-state index in [1.807, 2.05) is 6.92 Å². The van der Waals surface area contributed by atoms with Gasteiger partial charge in [-0.05, 0) is 6.92 Å². The lowest BCUT2D eigenvalue weighted by molar-refractivity contribution is 0.215. The molecule has 0 aliphatic carbocycles. The molecule has 2 N–H and O–H groups in total. The first-order chi connectivity index (χ1) is 3.91. The Morgan fingerprint density at radius 2 is 1.25 bits per heavy atom. The molecule has 0 saturated heterocycles. The Balaban J connectivity index is -0.0000000542. The van der Waals surface area contributed by atoms with Gasteiger partial charge in [-0.25, -0.2) is 0 Å². The van der Waals surface area contributed by atoms with Crippen LogP contribution in [0.1, 0.15) is 6.92 Å². The Morgan fingerprint density at radius 3 is 1.25 bits per heavy atom. The minimum absolute atomic E-state index is 0.819. The average molecular weight is 124 g/mol. The highest BCUT2D eigenvalue weighted by atomic mass is 16.5. The van der Waals surface area contributed by atoms with Gasteiger partial charge in [0.1, 0.15) is 0 Å². The molecule has 0 heterocycles. The minimum Gasteiger partial charge on any atom is -0.400 e. The van der Waals surface area contributed by atoms with E-state index in [0.29, 0.717) is 0 Å². The second kappa shape index (κ2) is 67.3. The normalized spacial score (nSPS) is 5.25. The molecule has 0 radical (unpaired) electrons. The lowest BCUT2D eigenvalue weighted by Gasteiger charge is -1.76. The van der Waals surface area contributed by atoms with Crippen molar-refractivity contribution in [3.63, 3.8) is 0 Å². The van der Waals surface area contributed by atoms with Gasteiger partial charge in [0.25, 0.3) is 0 Å². The van der Waals surface area contributed by atoms with Gasteiger partial charge in [-0.15, -0.1) is 0 Å². The quantitative estimate of drug-likeness (QED) is 0.512. The number of ether oxygens (including phenoxy) is 1. The molecule has 0 bridgehead atoms. The Labute approximate surface area is 50.9 Å². The van der Waals surface area contributed by atoms with Crippen LogP contribution in [0.15, 0.2) is 0 Å². The SMILES string of the molecule is CCOC.CO.CO. The van der Waals surface area contributed by atoms with Crippen LogP contribution < -0.4 is 0 Å². The summed E-state index contributed by atoms with van der Waals surface area (Å²) in [6.45, 7) is 2.78. The fourth-order valence-corrected chi connectivity index (χ4v) is 0. The van der Waals surface area contributed by atoms with Crippen molar-refractivity contribution < 1.29 is 14.9 Å². The van der Waals surface area contributed by atoms with E-state index in [4.69, 9.17) is 10.2 Å². The predicted molar refractivity (Wildman–Crippen MR) is 33.8 cm³/mol. The number of hydrogen-bond acceptors (Lipinski definition) is 3. The summed E-state index contributed by atoms with van der Waals surface area (Å²) in [6.07, 6.45) is 0. The van der Waals surface area contributed by atoms with Gasteiger partial charge in [0, 0.05) is 27.9 Å². The maximum Gasteiger partial charge on any atom is 0.0433 e. The van der Waals surface area contributed by atoms with Crippen molar-refractivity contribution in [1.29, 1.82) is 0 Å². The third-order valence-electron chi connectivity index (χ3n) is 0.289. The zero-order chi connectivity index (χ0) is 7.41. The van der Waals surface area contributed by atoms with Gasteiger partial charge in [-0.2, -0.15) is 0 Å². The van der Waals surface area contributed by atoms with Crippen LogP contribution in [-0.2, 0) is 4.74 Å². The summed E-state index contributed by atoms with van der Waals surface area (Å²) in [5.74, 6) is 0. The Morgan fingerprint density at radius 1 is 1.12 bits per heavy atom. The van der Waals surface area contributed by atoms with Crippen LogP contribution >= 0.6 is 0 Å². The van der Waals surface area contributed by atoms with Crippen LogP contribution in [0.5, 0.6) is 0 Å². The number of rotatable bonds is 1. The van der Waals surface area contributed by atoms with Crippen LogP contribution in [-0.4, -0.2) is 38.1 Å². The molecule has 0 aromatic heterocycles. The summed E-state index contributed by atoms with van der Waals surface area (Å²) in [6, 6.07) is 0. The molecule has 0 rings (SSSR count). The maximum atomic E-state index is 7.00. The summed E-state index contributed by atoms with van der Waals surface area (Å²) in [4.78, 5) is 0. The van der Waals surface area contributed by atoms with E-state index in [9.17, 15) is 0 Å². The Hall–Kier alpha value is -0.120. The number of aliphatic hydroxyl groups is 2. The molecular formula is C5H16O3. The molecule has 0 atom stereocenters. The van der Waals surface area contributed by atoms with Crippen molar-refractivity contribution in [3.8, 4) is 0 Å². The number of hydrogen-bond donors (Lipinski definition) is 2. The molecule has 54 valence electrons. The van der Waals surface area contributed by atoms with E-state index >= 15 is 0 Å². The Bertz CT molecular complexity index is 9.64. The lowest BCUT2D eigenvalue weighted by Crippen LogP contribution is -1.73.